The van der Waals surface area contributed by atoms with E-state index in [0.717, 1.165) is 18.5 Å². The predicted molar refractivity (Wildman–Crippen MR) is 74.6 cm³/mol. The van der Waals surface area contributed by atoms with Gasteiger partial charge in [-0.2, -0.15) is 5.10 Å². The van der Waals surface area contributed by atoms with Crippen molar-refractivity contribution in [2.75, 3.05) is 0 Å². The van der Waals surface area contributed by atoms with Crippen LogP contribution in [0.4, 0.5) is 0 Å². The molecule has 1 unspecified atom stereocenters. The summed E-state index contributed by atoms with van der Waals surface area (Å²) in [5, 5.41) is 4.76. The van der Waals surface area contributed by atoms with Crippen LogP contribution in [0.2, 0.25) is 5.02 Å². The third kappa shape index (κ3) is 2.74. The Morgan fingerprint density at radius 1 is 1.39 bits per heavy atom. The number of benzene rings is 1. The Labute approximate surface area is 113 Å². The number of aromatic nitrogens is 2. The molecule has 0 saturated heterocycles. The molecule has 18 heavy (non-hydrogen) atoms. The molecule has 0 aliphatic carbocycles. The molecule has 2 aromatic rings. The van der Waals surface area contributed by atoms with Crippen molar-refractivity contribution >= 4 is 11.6 Å². The summed E-state index contributed by atoms with van der Waals surface area (Å²) in [7, 11) is 1.87. The van der Waals surface area contributed by atoms with E-state index in [9.17, 15) is 0 Å². The fraction of sp³-hybridized carbons (Fsp3) is 0.357. The molecule has 1 aromatic heterocycles. The SMILES string of the molecule is Cc1ccccc1CCC(N)c1c(Cl)cnn1C. The van der Waals surface area contributed by atoms with E-state index in [1.807, 2.05) is 7.05 Å². The minimum atomic E-state index is -0.0791. The lowest BCUT2D eigenvalue weighted by molar-refractivity contribution is 0.581. The summed E-state index contributed by atoms with van der Waals surface area (Å²) in [6, 6.07) is 8.30. The minimum absolute atomic E-state index is 0.0791. The third-order valence-corrected chi connectivity index (χ3v) is 3.57. The van der Waals surface area contributed by atoms with Gasteiger partial charge in [0.15, 0.2) is 0 Å². The smallest absolute Gasteiger partial charge is 0.0833 e. The first-order valence-electron chi connectivity index (χ1n) is 6.07. The Kier molecular flexibility index (Phi) is 4.04. The van der Waals surface area contributed by atoms with Crippen LogP contribution in [0, 0.1) is 6.92 Å². The number of hydrogen-bond donors (Lipinski definition) is 1. The van der Waals surface area contributed by atoms with E-state index in [1.165, 1.54) is 11.1 Å². The highest BCUT2D eigenvalue weighted by molar-refractivity contribution is 6.31. The van der Waals surface area contributed by atoms with E-state index in [4.69, 9.17) is 17.3 Å². The number of nitrogens with zero attached hydrogens (tertiary/aromatic N) is 2. The molecule has 1 heterocycles. The number of halogens is 1. The van der Waals surface area contributed by atoms with Gasteiger partial charge in [0.25, 0.3) is 0 Å². The second kappa shape index (κ2) is 5.55. The van der Waals surface area contributed by atoms with Crippen LogP contribution in [-0.4, -0.2) is 9.78 Å². The van der Waals surface area contributed by atoms with Gasteiger partial charge in [-0.15, -0.1) is 0 Å². The van der Waals surface area contributed by atoms with Crippen LogP contribution in [0.3, 0.4) is 0 Å². The van der Waals surface area contributed by atoms with Crippen molar-refractivity contribution in [3.63, 3.8) is 0 Å². The molecule has 0 spiro atoms. The molecule has 0 saturated carbocycles. The lowest BCUT2D eigenvalue weighted by Crippen LogP contribution is -2.16. The van der Waals surface area contributed by atoms with Gasteiger partial charge in [0.1, 0.15) is 0 Å². The Bertz CT molecular complexity index is 514. The summed E-state index contributed by atoms with van der Waals surface area (Å²) in [6.07, 6.45) is 3.46. The molecule has 2 N–H and O–H groups in total. The molecule has 0 fully saturated rings. The van der Waals surface area contributed by atoms with Gasteiger partial charge in [0.2, 0.25) is 0 Å². The van der Waals surface area contributed by atoms with Crippen molar-refractivity contribution in [3.05, 3.63) is 52.3 Å². The molecule has 0 aliphatic heterocycles. The fourth-order valence-electron chi connectivity index (χ4n) is 2.18. The van der Waals surface area contributed by atoms with E-state index in [0.29, 0.717) is 5.02 Å². The van der Waals surface area contributed by atoms with Crippen LogP contribution < -0.4 is 5.73 Å². The molecule has 96 valence electrons. The standard InChI is InChI=1S/C14H18ClN3/c1-10-5-3-4-6-11(10)7-8-13(16)14-12(15)9-17-18(14)2/h3-6,9,13H,7-8,16H2,1-2H3. The highest BCUT2D eigenvalue weighted by atomic mass is 35.5. The summed E-state index contributed by atoms with van der Waals surface area (Å²) in [6.45, 7) is 2.12. The van der Waals surface area contributed by atoms with Gasteiger partial charge in [-0.3, -0.25) is 4.68 Å². The topological polar surface area (TPSA) is 43.8 Å². The van der Waals surface area contributed by atoms with Crippen LogP contribution in [0.15, 0.2) is 30.5 Å². The molecule has 3 nitrogen and oxygen atoms in total. The third-order valence-electron chi connectivity index (χ3n) is 3.27. The Morgan fingerprint density at radius 3 is 2.72 bits per heavy atom. The number of hydrogen-bond acceptors (Lipinski definition) is 2. The fourth-order valence-corrected chi connectivity index (χ4v) is 2.48. The van der Waals surface area contributed by atoms with Gasteiger partial charge < -0.3 is 5.73 Å². The zero-order valence-corrected chi connectivity index (χ0v) is 11.5. The van der Waals surface area contributed by atoms with Crippen LogP contribution in [0.5, 0.6) is 0 Å². The molecule has 4 heteroatoms. The highest BCUT2D eigenvalue weighted by Crippen LogP contribution is 2.24. The Morgan fingerprint density at radius 2 is 2.11 bits per heavy atom. The maximum Gasteiger partial charge on any atom is 0.0833 e. The highest BCUT2D eigenvalue weighted by Gasteiger charge is 2.15. The van der Waals surface area contributed by atoms with Crippen molar-refractivity contribution < 1.29 is 0 Å². The summed E-state index contributed by atoms with van der Waals surface area (Å²) in [5.41, 5.74) is 9.75. The minimum Gasteiger partial charge on any atom is -0.323 e. The number of rotatable bonds is 4. The predicted octanol–water partition coefficient (Wildman–Crippen LogP) is 3.01. The second-order valence-corrected chi connectivity index (χ2v) is 4.98. The molecule has 0 amide bonds. The average Bonchev–Trinajstić information content (AvgIpc) is 2.68. The average molecular weight is 264 g/mol. The largest absolute Gasteiger partial charge is 0.323 e. The van der Waals surface area contributed by atoms with Gasteiger partial charge in [0.05, 0.1) is 16.9 Å². The molecule has 1 atom stereocenters. The molecule has 0 bridgehead atoms. The van der Waals surface area contributed by atoms with Gasteiger partial charge in [-0.1, -0.05) is 35.9 Å². The molecule has 0 radical (unpaired) electrons. The van der Waals surface area contributed by atoms with E-state index in [1.54, 1.807) is 10.9 Å². The first-order valence-corrected chi connectivity index (χ1v) is 6.45. The summed E-state index contributed by atoms with van der Waals surface area (Å²) in [5.74, 6) is 0. The van der Waals surface area contributed by atoms with Gasteiger partial charge >= 0.3 is 0 Å². The van der Waals surface area contributed by atoms with E-state index in [-0.39, 0.29) is 6.04 Å². The van der Waals surface area contributed by atoms with Crippen molar-refractivity contribution in [3.8, 4) is 0 Å². The number of aryl methyl sites for hydroxylation is 3. The van der Waals surface area contributed by atoms with E-state index >= 15 is 0 Å². The first kappa shape index (κ1) is 13.1. The molecular weight excluding hydrogens is 246 g/mol. The summed E-state index contributed by atoms with van der Waals surface area (Å²) in [4.78, 5) is 0. The maximum atomic E-state index is 6.19. The second-order valence-electron chi connectivity index (χ2n) is 4.57. The first-order chi connectivity index (χ1) is 8.59. The van der Waals surface area contributed by atoms with Crippen molar-refractivity contribution in [2.24, 2.45) is 12.8 Å². The molecular formula is C14H18ClN3. The molecule has 1 aromatic carbocycles. The van der Waals surface area contributed by atoms with Crippen molar-refractivity contribution in [1.82, 2.24) is 9.78 Å². The summed E-state index contributed by atoms with van der Waals surface area (Å²) < 4.78 is 1.75. The Hall–Kier alpha value is -1.32. The van der Waals surface area contributed by atoms with Crippen molar-refractivity contribution in [1.29, 1.82) is 0 Å². The molecule has 0 aliphatic rings. The van der Waals surface area contributed by atoms with Crippen LogP contribution in [0.1, 0.15) is 29.3 Å². The number of nitrogens with two attached hydrogens (primary N) is 1. The van der Waals surface area contributed by atoms with Gasteiger partial charge in [0, 0.05) is 13.1 Å². The monoisotopic (exact) mass is 263 g/mol. The zero-order chi connectivity index (χ0) is 13.1. The summed E-state index contributed by atoms with van der Waals surface area (Å²) >= 11 is 6.09. The zero-order valence-electron chi connectivity index (χ0n) is 10.7. The Balaban J connectivity index is 2.05. The van der Waals surface area contributed by atoms with Gasteiger partial charge in [-0.25, -0.2) is 0 Å². The van der Waals surface area contributed by atoms with Crippen LogP contribution in [0.25, 0.3) is 0 Å². The quantitative estimate of drug-likeness (QED) is 0.922. The van der Waals surface area contributed by atoms with E-state index < -0.39 is 0 Å². The van der Waals surface area contributed by atoms with E-state index in [2.05, 4.69) is 36.3 Å². The lowest BCUT2D eigenvalue weighted by Gasteiger charge is -2.13. The maximum absolute atomic E-state index is 6.19. The van der Waals surface area contributed by atoms with Gasteiger partial charge in [-0.05, 0) is 30.9 Å². The normalized spacial score (nSPS) is 12.7. The van der Waals surface area contributed by atoms with Crippen LogP contribution >= 0.6 is 11.6 Å². The molecule has 2 rings (SSSR count). The lowest BCUT2D eigenvalue weighted by atomic mass is 10.00. The van der Waals surface area contributed by atoms with Crippen LogP contribution in [-0.2, 0) is 13.5 Å². The van der Waals surface area contributed by atoms with Crippen molar-refractivity contribution in [2.45, 2.75) is 25.8 Å².